The minimum absolute atomic E-state index is 0.0594. The van der Waals surface area contributed by atoms with Crippen molar-refractivity contribution in [1.29, 1.82) is 0 Å². The predicted molar refractivity (Wildman–Crippen MR) is 126 cm³/mol. The van der Waals surface area contributed by atoms with E-state index in [1.54, 1.807) is 6.92 Å². The number of rotatable bonds is 5. The number of aromatic nitrogens is 1. The molecule has 180 valence electrons. The Morgan fingerprint density at radius 3 is 2.18 bits per heavy atom. The molecule has 3 rings (SSSR count). The molecule has 3 amide bonds. The number of carbonyl (C=O) groups is 2. The number of halogens is 3. The molecule has 0 saturated heterocycles. The first-order valence-corrected chi connectivity index (χ1v) is 10.9. The van der Waals surface area contributed by atoms with Gasteiger partial charge < -0.3 is 15.4 Å². The van der Waals surface area contributed by atoms with Crippen LogP contribution in [0.25, 0.3) is 0 Å². The molecule has 0 bridgehead atoms. The third-order valence-corrected chi connectivity index (χ3v) is 5.94. The Morgan fingerprint density at radius 2 is 1.59 bits per heavy atom. The van der Waals surface area contributed by atoms with Crippen LogP contribution < -0.4 is 20.7 Å². The second-order valence-corrected chi connectivity index (χ2v) is 8.69. The highest BCUT2D eigenvalue weighted by Gasteiger charge is 2.31. The Morgan fingerprint density at radius 1 is 0.941 bits per heavy atom. The average Bonchev–Trinajstić information content (AvgIpc) is 3.09. The van der Waals surface area contributed by atoms with Crippen LogP contribution in [0.4, 0.5) is 34.5 Å². The summed E-state index contributed by atoms with van der Waals surface area (Å²) in [6.45, 7) is 7.39. The summed E-state index contributed by atoms with van der Waals surface area (Å²) < 4.78 is 44.1. The maximum absolute atomic E-state index is 13.1. The number of urea groups is 1. The van der Waals surface area contributed by atoms with Crippen LogP contribution in [-0.4, -0.2) is 24.0 Å². The molecule has 1 aromatic heterocycles. The molecule has 3 N–H and O–H groups in total. The molecule has 34 heavy (non-hydrogen) atoms. The van der Waals surface area contributed by atoms with Gasteiger partial charge in [0.05, 0.1) is 18.4 Å². The van der Waals surface area contributed by atoms with E-state index < -0.39 is 17.8 Å². The molecule has 3 aromatic rings. The summed E-state index contributed by atoms with van der Waals surface area (Å²) in [6.07, 6.45) is -4.61. The predicted octanol–water partition coefficient (Wildman–Crippen LogP) is 6.30. The van der Waals surface area contributed by atoms with Gasteiger partial charge in [0.1, 0.15) is 10.6 Å². The van der Waals surface area contributed by atoms with Crippen molar-refractivity contribution in [1.82, 2.24) is 4.98 Å². The molecule has 0 aliphatic rings. The van der Waals surface area contributed by atoms with Gasteiger partial charge in [-0.1, -0.05) is 29.0 Å². The second kappa shape index (κ2) is 9.72. The van der Waals surface area contributed by atoms with Crippen molar-refractivity contribution >= 4 is 39.8 Å². The van der Waals surface area contributed by atoms with Crippen molar-refractivity contribution in [2.45, 2.75) is 33.9 Å². The molecule has 2 aromatic carbocycles. The Bertz CT molecular complexity index is 1230. The molecule has 0 spiro atoms. The normalized spacial score (nSPS) is 11.2. The van der Waals surface area contributed by atoms with Gasteiger partial charge in [0.2, 0.25) is 0 Å². The van der Waals surface area contributed by atoms with Gasteiger partial charge in [-0.15, -0.1) is 0 Å². The third-order valence-electron chi connectivity index (χ3n) is 4.87. The number of hydrogen-bond donors (Lipinski definition) is 3. The van der Waals surface area contributed by atoms with Gasteiger partial charge in [0, 0.05) is 17.4 Å². The zero-order chi connectivity index (χ0) is 25.2. The Hall–Kier alpha value is -3.60. The number of nitrogens with one attached hydrogen (secondary N) is 3. The van der Waals surface area contributed by atoms with Gasteiger partial charge in [0.15, 0.2) is 5.13 Å². The molecule has 7 nitrogen and oxygen atoms in total. The van der Waals surface area contributed by atoms with Crippen molar-refractivity contribution in [3.8, 4) is 5.75 Å². The molecular weight excluding hydrogens is 469 g/mol. The first-order valence-electron chi connectivity index (χ1n) is 10.1. The summed E-state index contributed by atoms with van der Waals surface area (Å²) in [6, 6.07) is 5.99. The highest BCUT2D eigenvalue weighted by molar-refractivity contribution is 7.17. The van der Waals surface area contributed by atoms with Crippen LogP contribution in [0.5, 0.6) is 5.75 Å². The fourth-order valence-electron chi connectivity index (χ4n) is 3.42. The Balaban J connectivity index is 1.74. The first-order chi connectivity index (χ1) is 15.9. The van der Waals surface area contributed by atoms with Crippen molar-refractivity contribution in [2.24, 2.45) is 0 Å². The first kappa shape index (κ1) is 25.0. The molecule has 0 fully saturated rings. The lowest BCUT2D eigenvalue weighted by Crippen LogP contribution is -2.20. The van der Waals surface area contributed by atoms with Gasteiger partial charge in [-0.25, -0.2) is 9.78 Å². The van der Waals surface area contributed by atoms with Gasteiger partial charge in [-0.05, 0) is 51.0 Å². The summed E-state index contributed by atoms with van der Waals surface area (Å²) in [4.78, 5) is 29.7. The minimum atomic E-state index is -4.61. The van der Waals surface area contributed by atoms with E-state index in [9.17, 15) is 22.8 Å². The highest BCUT2D eigenvalue weighted by Crippen LogP contribution is 2.34. The summed E-state index contributed by atoms with van der Waals surface area (Å²) in [7, 11) is 1.23. The number of thiazole rings is 1. The number of benzene rings is 2. The van der Waals surface area contributed by atoms with E-state index in [1.165, 1.54) is 13.2 Å². The van der Waals surface area contributed by atoms with E-state index >= 15 is 0 Å². The minimum Gasteiger partial charge on any atom is -0.497 e. The van der Waals surface area contributed by atoms with E-state index in [2.05, 4.69) is 20.9 Å². The van der Waals surface area contributed by atoms with Gasteiger partial charge in [-0.3, -0.25) is 10.1 Å². The largest absolute Gasteiger partial charge is 0.497 e. The SMILES string of the molecule is COc1cc(NC(=O)Nc2nc(C)c(C(=O)Nc3c(C)cc(C)cc3C)s2)cc(C(F)(F)F)c1. The van der Waals surface area contributed by atoms with Crippen LogP contribution in [0.3, 0.4) is 0 Å². The van der Waals surface area contributed by atoms with Crippen LogP contribution >= 0.6 is 11.3 Å². The third kappa shape index (κ3) is 5.84. The zero-order valence-corrected chi connectivity index (χ0v) is 19.9. The maximum atomic E-state index is 13.1. The van der Waals surface area contributed by atoms with Crippen molar-refractivity contribution in [3.05, 3.63) is 63.2 Å². The van der Waals surface area contributed by atoms with Gasteiger partial charge in [0.25, 0.3) is 5.91 Å². The van der Waals surface area contributed by atoms with Crippen molar-refractivity contribution in [2.75, 3.05) is 23.1 Å². The fraction of sp³-hybridized carbons (Fsp3) is 0.261. The molecular formula is C23H23F3N4O3S. The number of carbonyl (C=O) groups excluding carboxylic acids is 2. The van der Waals surface area contributed by atoms with Crippen molar-refractivity contribution in [3.63, 3.8) is 0 Å². The number of nitrogens with zero attached hydrogens (tertiary/aromatic N) is 1. The van der Waals surface area contributed by atoms with Crippen LogP contribution in [-0.2, 0) is 6.18 Å². The molecule has 0 saturated carbocycles. The maximum Gasteiger partial charge on any atom is 0.416 e. The number of ether oxygens (including phenoxy) is 1. The summed E-state index contributed by atoms with van der Waals surface area (Å²) >= 11 is 0.956. The van der Waals surface area contributed by atoms with Gasteiger partial charge in [-0.2, -0.15) is 13.2 Å². The van der Waals surface area contributed by atoms with E-state index in [0.29, 0.717) is 16.3 Å². The lowest BCUT2D eigenvalue weighted by Gasteiger charge is -2.12. The lowest BCUT2D eigenvalue weighted by molar-refractivity contribution is -0.137. The smallest absolute Gasteiger partial charge is 0.416 e. The van der Waals surface area contributed by atoms with E-state index in [-0.39, 0.29) is 22.5 Å². The molecule has 0 atom stereocenters. The summed E-state index contributed by atoms with van der Waals surface area (Å²) in [5, 5.41) is 7.79. The standard InChI is InChI=1S/C23H23F3N4O3S/c1-11-6-12(2)18(13(3)7-11)29-20(31)19-14(4)27-22(34-19)30-21(32)28-16-8-15(23(24,25)26)9-17(10-16)33-5/h6-10H,1-5H3,(H,29,31)(H2,27,28,30,32). The van der Waals surface area contributed by atoms with Crippen LogP contribution in [0.2, 0.25) is 0 Å². The quantitative estimate of drug-likeness (QED) is 0.390. The van der Waals surface area contributed by atoms with Crippen LogP contribution in [0.15, 0.2) is 30.3 Å². The molecule has 0 aliphatic heterocycles. The summed E-state index contributed by atoms with van der Waals surface area (Å²) in [5.74, 6) is -0.433. The molecule has 11 heteroatoms. The van der Waals surface area contributed by atoms with E-state index in [0.717, 1.165) is 40.2 Å². The van der Waals surface area contributed by atoms with Crippen LogP contribution in [0, 0.1) is 27.7 Å². The van der Waals surface area contributed by atoms with E-state index in [1.807, 2.05) is 32.9 Å². The Labute approximate surface area is 198 Å². The molecule has 1 heterocycles. The fourth-order valence-corrected chi connectivity index (χ4v) is 4.28. The number of methoxy groups -OCH3 is 1. The lowest BCUT2D eigenvalue weighted by atomic mass is 10.1. The highest BCUT2D eigenvalue weighted by atomic mass is 32.1. The number of hydrogen-bond acceptors (Lipinski definition) is 5. The molecule has 0 aliphatic carbocycles. The second-order valence-electron chi connectivity index (χ2n) is 7.69. The summed E-state index contributed by atoms with van der Waals surface area (Å²) in [5.41, 5.74) is 2.95. The zero-order valence-electron chi connectivity index (χ0n) is 19.1. The van der Waals surface area contributed by atoms with E-state index in [4.69, 9.17) is 4.74 Å². The molecule has 0 radical (unpaired) electrons. The average molecular weight is 493 g/mol. The number of anilines is 3. The van der Waals surface area contributed by atoms with Crippen molar-refractivity contribution < 1.29 is 27.5 Å². The van der Waals surface area contributed by atoms with Gasteiger partial charge >= 0.3 is 12.2 Å². The Kier molecular flexibility index (Phi) is 7.15. The van der Waals surface area contributed by atoms with Crippen LogP contribution in [0.1, 0.15) is 37.6 Å². The monoisotopic (exact) mass is 492 g/mol. The molecule has 0 unspecified atom stereocenters. The number of alkyl halides is 3. The number of amides is 3. The number of aryl methyl sites for hydroxylation is 4. The topological polar surface area (TPSA) is 92.3 Å².